The summed E-state index contributed by atoms with van der Waals surface area (Å²) in [5.41, 5.74) is 17.9. The zero-order valence-corrected chi connectivity index (χ0v) is 45.2. The van der Waals surface area contributed by atoms with Crippen LogP contribution in [0, 0.1) is 27.7 Å². The van der Waals surface area contributed by atoms with Crippen molar-refractivity contribution in [2.45, 2.75) is 27.7 Å². The molecule has 0 saturated carbocycles. The maximum Gasteiger partial charge on any atom is 0.179 e. The molecule has 4 nitrogen and oxygen atoms in total. The molecule has 372 valence electrons. The Morgan fingerprint density at radius 3 is 1.12 bits per heavy atom. The summed E-state index contributed by atoms with van der Waals surface area (Å²) in [6.07, 6.45) is 0. The van der Waals surface area contributed by atoms with Gasteiger partial charge in [0.25, 0.3) is 0 Å². The summed E-state index contributed by atoms with van der Waals surface area (Å²) >= 11 is 0. The minimum Gasteiger partial charge on any atom is -0.309 e. The summed E-state index contributed by atoms with van der Waals surface area (Å²) in [5, 5.41) is 7.61. The van der Waals surface area contributed by atoms with Crippen molar-refractivity contribution in [1.82, 2.24) is 19.5 Å². The smallest absolute Gasteiger partial charge is 0.179 e. The highest BCUT2D eigenvalue weighted by molar-refractivity contribution is 7.19. The molecule has 5 heteroatoms. The fourth-order valence-electron chi connectivity index (χ4n) is 12.0. The lowest BCUT2D eigenvalue weighted by atomic mass is 9.97. The molecule has 2 heterocycles. The number of fused-ring (bicyclic) bond motifs is 3. The van der Waals surface area contributed by atoms with Crippen LogP contribution >= 0.6 is 0 Å². The maximum absolute atomic E-state index is 5.39. The molecular weight excluding hydrogens is 961 g/mol. The Morgan fingerprint density at radius 2 is 0.667 bits per heavy atom. The van der Waals surface area contributed by atoms with Crippen LogP contribution in [-0.2, 0) is 0 Å². The van der Waals surface area contributed by atoms with Gasteiger partial charge in [0.15, 0.2) is 25.5 Å². The molecule has 0 aliphatic carbocycles. The molecule has 78 heavy (non-hydrogen) atoms. The summed E-state index contributed by atoms with van der Waals surface area (Å²) in [4.78, 5) is 15.9. The van der Waals surface area contributed by atoms with Crippen molar-refractivity contribution in [2.24, 2.45) is 0 Å². The average molecular weight is 1020 g/mol. The van der Waals surface area contributed by atoms with Crippen molar-refractivity contribution >= 4 is 50.6 Å². The number of aryl methyl sites for hydroxylation is 4. The van der Waals surface area contributed by atoms with E-state index in [-0.39, 0.29) is 0 Å². The van der Waals surface area contributed by atoms with E-state index in [2.05, 4.69) is 263 Å². The van der Waals surface area contributed by atoms with Crippen molar-refractivity contribution in [3.8, 4) is 73.2 Å². The van der Waals surface area contributed by atoms with Gasteiger partial charge in [-0.1, -0.05) is 259 Å². The van der Waals surface area contributed by atoms with Crippen LogP contribution in [0.15, 0.2) is 267 Å². The minimum atomic E-state index is -2.95. The van der Waals surface area contributed by atoms with Crippen LogP contribution in [0.5, 0.6) is 0 Å². The molecule has 0 N–H and O–H groups in total. The Balaban J connectivity index is 1.12. The Morgan fingerprint density at radius 1 is 0.269 bits per heavy atom. The van der Waals surface area contributed by atoms with Crippen molar-refractivity contribution in [2.75, 3.05) is 0 Å². The molecule has 0 unspecified atom stereocenters. The largest absolute Gasteiger partial charge is 0.309 e. The first-order chi connectivity index (χ1) is 38.3. The van der Waals surface area contributed by atoms with E-state index < -0.39 is 8.07 Å². The molecule has 13 aromatic rings. The average Bonchev–Trinajstić information content (AvgIpc) is 4.03. The lowest BCUT2D eigenvalue weighted by molar-refractivity contribution is 1.07. The first-order valence-electron chi connectivity index (χ1n) is 26.8. The lowest BCUT2D eigenvalue weighted by Gasteiger charge is -2.34. The van der Waals surface area contributed by atoms with Gasteiger partial charge in [-0.15, -0.1) is 0 Å². The Bertz CT molecular complexity index is 4040. The zero-order chi connectivity index (χ0) is 52.7. The van der Waals surface area contributed by atoms with Crippen LogP contribution in [0.25, 0.3) is 95.0 Å². The molecule has 2 aromatic heterocycles. The zero-order valence-electron chi connectivity index (χ0n) is 44.2. The van der Waals surface area contributed by atoms with E-state index in [9.17, 15) is 0 Å². The predicted octanol–water partition coefficient (Wildman–Crippen LogP) is 15.6. The van der Waals surface area contributed by atoms with Crippen LogP contribution in [0.4, 0.5) is 0 Å². The fraction of sp³-hybridized carbons (Fsp3) is 0.0548. The van der Waals surface area contributed by atoms with Gasteiger partial charge in [0.1, 0.15) is 0 Å². The number of nitrogens with zero attached hydrogens (tertiary/aromatic N) is 4. The van der Waals surface area contributed by atoms with Gasteiger partial charge in [-0.05, 0) is 112 Å². The summed E-state index contributed by atoms with van der Waals surface area (Å²) in [7, 11) is -2.95. The van der Waals surface area contributed by atoms with Crippen molar-refractivity contribution in [1.29, 1.82) is 0 Å². The van der Waals surface area contributed by atoms with Gasteiger partial charge >= 0.3 is 0 Å². The third kappa shape index (κ3) is 8.84. The topological polar surface area (TPSA) is 43.6 Å². The van der Waals surface area contributed by atoms with Crippen molar-refractivity contribution in [3.05, 3.63) is 289 Å². The molecule has 0 amide bonds. The highest BCUT2D eigenvalue weighted by Gasteiger charge is 2.41. The highest BCUT2D eigenvalue weighted by Crippen LogP contribution is 2.41. The summed E-state index contributed by atoms with van der Waals surface area (Å²) < 4.78 is 2.48. The number of aromatic nitrogens is 4. The second kappa shape index (κ2) is 20.2. The molecule has 0 fully saturated rings. The van der Waals surface area contributed by atoms with Gasteiger partial charge < -0.3 is 4.57 Å². The van der Waals surface area contributed by atoms with E-state index in [1.165, 1.54) is 76.0 Å². The first kappa shape index (κ1) is 48.1. The molecule has 13 rings (SSSR count). The summed E-state index contributed by atoms with van der Waals surface area (Å²) in [6.45, 7) is 8.73. The minimum absolute atomic E-state index is 0.601. The Hall–Kier alpha value is -9.55. The molecule has 11 aromatic carbocycles. The molecule has 0 radical (unpaired) electrons. The predicted molar refractivity (Wildman–Crippen MR) is 329 cm³/mol. The van der Waals surface area contributed by atoms with Gasteiger partial charge in [-0.25, -0.2) is 15.0 Å². The van der Waals surface area contributed by atoms with Crippen LogP contribution in [0.3, 0.4) is 0 Å². The van der Waals surface area contributed by atoms with Gasteiger partial charge in [-0.2, -0.15) is 0 Å². The summed E-state index contributed by atoms with van der Waals surface area (Å²) in [6, 6.07) is 97.8. The Labute approximate surface area is 457 Å². The molecule has 0 aliphatic heterocycles. The van der Waals surface area contributed by atoms with Crippen molar-refractivity contribution in [3.63, 3.8) is 0 Å². The second-order valence-corrected chi connectivity index (χ2v) is 24.6. The number of hydrogen-bond donors (Lipinski definition) is 0. The van der Waals surface area contributed by atoms with Gasteiger partial charge in [0.2, 0.25) is 0 Å². The van der Waals surface area contributed by atoms with E-state index in [1.54, 1.807) is 0 Å². The third-order valence-corrected chi connectivity index (χ3v) is 20.1. The van der Waals surface area contributed by atoms with Gasteiger partial charge in [0, 0.05) is 33.2 Å². The molecule has 0 bridgehead atoms. The second-order valence-electron chi connectivity index (χ2n) is 20.7. The van der Waals surface area contributed by atoms with Crippen molar-refractivity contribution < 1.29 is 0 Å². The first-order valence-corrected chi connectivity index (χ1v) is 28.8. The van der Waals surface area contributed by atoms with Crippen LogP contribution in [-0.4, -0.2) is 27.6 Å². The van der Waals surface area contributed by atoms with E-state index in [0.29, 0.717) is 17.5 Å². The van der Waals surface area contributed by atoms with E-state index in [0.717, 1.165) is 44.5 Å². The fourth-order valence-corrected chi connectivity index (χ4v) is 16.8. The lowest BCUT2D eigenvalue weighted by Crippen LogP contribution is -2.74. The summed E-state index contributed by atoms with van der Waals surface area (Å²) in [5.74, 6) is 1.84. The maximum atomic E-state index is 5.39. The molecule has 0 saturated heterocycles. The third-order valence-electron chi connectivity index (χ3n) is 15.3. The number of benzene rings is 11. The van der Waals surface area contributed by atoms with Gasteiger partial charge in [0.05, 0.1) is 11.0 Å². The quantitative estimate of drug-likeness (QED) is 0.0958. The Kier molecular flexibility index (Phi) is 12.5. The SMILES string of the molecule is Cc1cc(C)cc(-c2ccc3c4ccc(-c5cc(C)cc(C)c5)cc4n(-c4ccc(-c5nc(-c6ccccc6)nc(-c6ccccc6)n5)c(-c5cccc([Si](c6ccccc6)(c6ccccc6)c6ccccc6)c5)c4)c3c2)c1. The normalized spacial score (nSPS) is 11.6. The van der Waals surface area contributed by atoms with Crippen LogP contribution < -0.4 is 20.7 Å². The molecule has 0 aliphatic rings. The van der Waals surface area contributed by atoms with E-state index >= 15 is 0 Å². The van der Waals surface area contributed by atoms with Crippen LogP contribution in [0.1, 0.15) is 22.3 Å². The highest BCUT2D eigenvalue weighted by atomic mass is 28.3. The van der Waals surface area contributed by atoms with E-state index in [1.807, 2.05) is 36.4 Å². The standard InChI is InChI=1S/C73H56N4Si/c1-49-39-50(2)42-58(41-49)55-33-36-65-66-37-34-56(59-43-51(3)40-52(4)44-59)47-70(66)77(69(65)46-55)60-35-38-67(73-75-71(53-21-10-5-11-22-53)74-72(76-73)54-23-12-6-13-24-54)68(48-60)57-25-20-32-64(45-57)78(61-26-14-7-15-27-61,62-28-16-8-17-29-62)63-30-18-9-19-31-63/h5-48H,1-4H3. The number of rotatable bonds is 11. The monoisotopic (exact) mass is 1020 g/mol. The molecule has 0 spiro atoms. The number of hydrogen-bond acceptors (Lipinski definition) is 3. The molecular formula is C73H56N4Si. The van der Waals surface area contributed by atoms with Gasteiger partial charge in [-0.3, -0.25) is 0 Å². The van der Waals surface area contributed by atoms with E-state index in [4.69, 9.17) is 15.0 Å². The van der Waals surface area contributed by atoms with Crippen LogP contribution in [0.2, 0.25) is 0 Å². The molecule has 0 atom stereocenters.